The third-order valence-electron chi connectivity index (χ3n) is 1.61. The van der Waals surface area contributed by atoms with Crippen molar-refractivity contribution in [1.82, 2.24) is 4.98 Å². The fourth-order valence-electron chi connectivity index (χ4n) is 0.785. The third kappa shape index (κ3) is 2.31. The second kappa shape index (κ2) is 3.81. The first-order valence-corrected chi connectivity index (χ1v) is 3.80. The van der Waals surface area contributed by atoms with Gasteiger partial charge in [-0.15, -0.1) is 0 Å². The van der Waals surface area contributed by atoms with Gasteiger partial charge in [-0.2, -0.15) is 0 Å². The van der Waals surface area contributed by atoms with Crippen molar-refractivity contribution in [2.75, 3.05) is 0 Å². The Kier molecular flexibility index (Phi) is 2.75. The molecular weight excluding hydrogens is 150 g/mol. The van der Waals surface area contributed by atoms with Gasteiger partial charge in [-0.25, -0.2) is 0 Å². The predicted molar refractivity (Wildman–Crippen MR) is 48.6 cm³/mol. The van der Waals surface area contributed by atoms with Gasteiger partial charge in [0.1, 0.15) is 0 Å². The van der Waals surface area contributed by atoms with Crippen molar-refractivity contribution in [3.05, 3.63) is 35.7 Å². The molecule has 0 aliphatic heterocycles. The van der Waals surface area contributed by atoms with Gasteiger partial charge in [0.25, 0.3) is 0 Å². The zero-order valence-electron chi connectivity index (χ0n) is 7.24. The van der Waals surface area contributed by atoms with Crippen molar-refractivity contribution in [2.24, 2.45) is 0 Å². The van der Waals surface area contributed by atoms with Gasteiger partial charge in [-0.1, -0.05) is 6.07 Å². The summed E-state index contributed by atoms with van der Waals surface area (Å²) in [5.74, 6) is 0.0839. The Morgan fingerprint density at radius 3 is 2.67 bits per heavy atom. The minimum absolute atomic E-state index is 0.0839. The summed E-state index contributed by atoms with van der Waals surface area (Å²) in [5.41, 5.74) is 1.55. The summed E-state index contributed by atoms with van der Waals surface area (Å²) in [7, 11) is 0. The lowest BCUT2D eigenvalue weighted by Crippen LogP contribution is -1.91. The van der Waals surface area contributed by atoms with Gasteiger partial charge < -0.3 is 0 Å². The van der Waals surface area contributed by atoms with E-state index >= 15 is 0 Å². The van der Waals surface area contributed by atoms with Gasteiger partial charge in [0.15, 0.2) is 5.78 Å². The number of carbonyl (C=O) groups is 1. The van der Waals surface area contributed by atoms with Crippen molar-refractivity contribution in [3.63, 3.8) is 0 Å². The summed E-state index contributed by atoms with van der Waals surface area (Å²) >= 11 is 0. The Morgan fingerprint density at radius 2 is 2.17 bits per heavy atom. The average Bonchev–Trinajstić information content (AvgIpc) is 2.06. The smallest absolute Gasteiger partial charge is 0.155 e. The summed E-state index contributed by atoms with van der Waals surface area (Å²) in [6, 6.07) is 5.61. The molecule has 2 heteroatoms. The quantitative estimate of drug-likeness (QED) is 0.621. The highest BCUT2D eigenvalue weighted by atomic mass is 16.1. The molecule has 0 spiro atoms. The predicted octanol–water partition coefficient (Wildman–Crippen LogP) is 2.07. The zero-order valence-corrected chi connectivity index (χ0v) is 7.24. The average molecular weight is 161 g/mol. The highest BCUT2D eigenvalue weighted by Crippen LogP contribution is 2.03. The van der Waals surface area contributed by atoms with Gasteiger partial charge in [0.2, 0.25) is 0 Å². The second-order valence-electron chi connectivity index (χ2n) is 2.64. The van der Waals surface area contributed by atoms with Crippen LogP contribution in [0.2, 0.25) is 0 Å². The minimum atomic E-state index is 0.0839. The minimum Gasteiger partial charge on any atom is -0.295 e. The maximum atomic E-state index is 10.9. The first-order chi connectivity index (χ1) is 5.70. The number of hydrogen-bond donors (Lipinski definition) is 0. The van der Waals surface area contributed by atoms with Gasteiger partial charge in [0, 0.05) is 6.20 Å². The molecule has 0 radical (unpaired) electrons. The van der Waals surface area contributed by atoms with Crippen LogP contribution in [0.5, 0.6) is 0 Å². The van der Waals surface area contributed by atoms with Crippen LogP contribution in [0.15, 0.2) is 30.0 Å². The largest absolute Gasteiger partial charge is 0.295 e. The highest BCUT2D eigenvalue weighted by molar-refractivity contribution is 5.96. The number of nitrogens with zero attached hydrogens (tertiary/aromatic N) is 1. The van der Waals surface area contributed by atoms with Crippen LogP contribution in [0.1, 0.15) is 19.5 Å². The molecule has 0 aliphatic carbocycles. The Morgan fingerprint density at radius 1 is 1.42 bits per heavy atom. The summed E-state index contributed by atoms with van der Waals surface area (Å²) in [6.07, 6.45) is 3.49. The number of carbonyl (C=O) groups excluding carboxylic acids is 1. The van der Waals surface area contributed by atoms with E-state index in [1.165, 1.54) is 0 Å². The molecule has 0 atom stereocenters. The van der Waals surface area contributed by atoms with Crippen LogP contribution < -0.4 is 0 Å². The summed E-state index contributed by atoms with van der Waals surface area (Å²) in [6.45, 7) is 3.34. The van der Waals surface area contributed by atoms with Crippen molar-refractivity contribution in [2.45, 2.75) is 13.8 Å². The number of hydrogen-bond acceptors (Lipinski definition) is 2. The van der Waals surface area contributed by atoms with Gasteiger partial charge in [-0.3, -0.25) is 9.78 Å². The molecule has 2 nitrogen and oxygen atoms in total. The van der Waals surface area contributed by atoms with E-state index in [1.807, 2.05) is 18.2 Å². The normalized spacial score (nSPS) is 11.3. The summed E-state index contributed by atoms with van der Waals surface area (Å²) in [5, 5.41) is 0. The number of pyridine rings is 1. The zero-order chi connectivity index (χ0) is 8.97. The van der Waals surface area contributed by atoms with Crippen LogP contribution in [-0.2, 0) is 4.79 Å². The number of ketones is 1. The standard InChI is InChI=1S/C10H11NO/c1-8(9(2)12)7-10-5-3-4-6-11-10/h3-7H,1-2H3. The topological polar surface area (TPSA) is 30.0 Å². The van der Waals surface area contributed by atoms with E-state index in [9.17, 15) is 4.79 Å². The van der Waals surface area contributed by atoms with Gasteiger partial charge >= 0.3 is 0 Å². The molecule has 0 fully saturated rings. The first-order valence-electron chi connectivity index (χ1n) is 3.80. The van der Waals surface area contributed by atoms with E-state index in [4.69, 9.17) is 0 Å². The van der Waals surface area contributed by atoms with Crippen LogP contribution in [0.3, 0.4) is 0 Å². The molecule has 0 N–H and O–H groups in total. The fraction of sp³-hybridized carbons (Fsp3) is 0.200. The maximum Gasteiger partial charge on any atom is 0.155 e. The van der Waals surface area contributed by atoms with Crippen molar-refractivity contribution < 1.29 is 4.79 Å². The SMILES string of the molecule is CC(=O)C(C)=Cc1ccccn1. The maximum absolute atomic E-state index is 10.9. The Hall–Kier alpha value is -1.44. The number of Topliss-reactive ketones (excluding diaryl/α,β-unsaturated/α-hetero) is 1. The number of rotatable bonds is 2. The molecule has 0 bridgehead atoms. The summed E-state index contributed by atoms with van der Waals surface area (Å²) < 4.78 is 0. The number of aromatic nitrogens is 1. The van der Waals surface area contributed by atoms with Gasteiger partial charge in [-0.05, 0) is 37.6 Å². The lowest BCUT2D eigenvalue weighted by atomic mass is 10.2. The van der Waals surface area contributed by atoms with Crippen LogP contribution in [0.4, 0.5) is 0 Å². The molecule has 1 aromatic rings. The van der Waals surface area contributed by atoms with Crippen LogP contribution in [0.25, 0.3) is 6.08 Å². The molecule has 1 heterocycles. The molecule has 12 heavy (non-hydrogen) atoms. The van der Waals surface area contributed by atoms with Crippen molar-refractivity contribution in [3.8, 4) is 0 Å². The van der Waals surface area contributed by atoms with Crippen LogP contribution in [0, 0.1) is 0 Å². The molecule has 0 amide bonds. The van der Waals surface area contributed by atoms with E-state index in [0.717, 1.165) is 11.3 Å². The number of allylic oxidation sites excluding steroid dienone is 1. The van der Waals surface area contributed by atoms with Crippen LogP contribution >= 0.6 is 0 Å². The van der Waals surface area contributed by atoms with Crippen LogP contribution in [-0.4, -0.2) is 10.8 Å². The molecule has 0 unspecified atom stereocenters. The van der Waals surface area contributed by atoms with E-state index in [1.54, 1.807) is 26.1 Å². The van der Waals surface area contributed by atoms with Crippen molar-refractivity contribution in [1.29, 1.82) is 0 Å². The van der Waals surface area contributed by atoms with Gasteiger partial charge in [0.05, 0.1) is 5.69 Å². The highest BCUT2D eigenvalue weighted by Gasteiger charge is 1.95. The molecule has 0 saturated heterocycles. The van der Waals surface area contributed by atoms with E-state index in [0.29, 0.717) is 0 Å². The van der Waals surface area contributed by atoms with E-state index in [2.05, 4.69) is 4.98 Å². The first kappa shape index (κ1) is 8.65. The molecule has 1 rings (SSSR count). The fourth-order valence-corrected chi connectivity index (χ4v) is 0.785. The molecule has 0 aliphatic rings. The van der Waals surface area contributed by atoms with E-state index < -0.39 is 0 Å². The monoisotopic (exact) mass is 161 g/mol. The summed E-state index contributed by atoms with van der Waals surface area (Å²) in [4.78, 5) is 14.9. The Balaban J connectivity index is 2.89. The molecule has 0 saturated carbocycles. The Labute approximate surface area is 71.9 Å². The van der Waals surface area contributed by atoms with E-state index in [-0.39, 0.29) is 5.78 Å². The Bertz CT molecular complexity index is 301. The van der Waals surface area contributed by atoms with Crippen molar-refractivity contribution >= 4 is 11.9 Å². The second-order valence-corrected chi connectivity index (χ2v) is 2.64. The lowest BCUT2D eigenvalue weighted by Gasteiger charge is -1.93. The molecule has 62 valence electrons. The molecule has 1 aromatic heterocycles. The molecule has 0 aromatic carbocycles. The third-order valence-corrected chi connectivity index (χ3v) is 1.61. The lowest BCUT2D eigenvalue weighted by molar-refractivity contribution is -0.113. The molecular formula is C10H11NO.